The molecule has 96 valence electrons. The van der Waals surface area contributed by atoms with Crippen LogP contribution in [0.3, 0.4) is 0 Å². The Kier molecular flexibility index (Phi) is 5.39. The Morgan fingerprint density at radius 3 is 2.56 bits per heavy atom. The van der Waals surface area contributed by atoms with Gasteiger partial charge < -0.3 is 9.94 Å². The van der Waals surface area contributed by atoms with Gasteiger partial charge in [0.25, 0.3) is 0 Å². The fourth-order valence-corrected chi connectivity index (χ4v) is 1.60. The van der Waals surface area contributed by atoms with E-state index in [1.807, 2.05) is 31.2 Å². The number of hydrogen-bond donors (Lipinski definition) is 1. The second kappa shape index (κ2) is 6.81. The van der Waals surface area contributed by atoms with Gasteiger partial charge in [-0.2, -0.15) is 0 Å². The lowest BCUT2D eigenvalue weighted by Crippen LogP contribution is -2.04. The molecule has 0 amide bonds. The molecule has 0 atom stereocenters. The van der Waals surface area contributed by atoms with Crippen molar-refractivity contribution in [3.05, 3.63) is 41.0 Å². The van der Waals surface area contributed by atoms with Crippen LogP contribution in [0.4, 0.5) is 0 Å². The van der Waals surface area contributed by atoms with Crippen molar-refractivity contribution in [2.75, 3.05) is 7.11 Å². The second-order valence-electron chi connectivity index (χ2n) is 3.70. The number of esters is 1. The SMILES string of the molecule is COC(=O)CC(/C=N/O)=C(Cl)c1ccc(C)cc1. The Hall–Kier alpha value is -1.81. The summed E-state index contributed by atoms with van der Waals surface area (Å²) < 4.78 is 4.56. The highest BCUT2D eigenvalue weighted by molar-refractivity contribution is 6.50. The highest BCUT2D eigenvalue weighted by atomic mass is 35.5. The molecule has 1 N–H and O–H groups in total. The van der Waals surface area contributed by atoms with Crippen molar-refractivity contribution in [2.24, 2.45) is 5.16 Å². The molecule has 0 saturated heterocycles. The number of carbonyl (C=O) groups is 1. The molecule has 0 aromatic heterocycles. The molecule has 0 fully saturated rings. The van der Waals surface area contributed by atoms with E-state index in [1.165, 1.54) is 7.11 Å². The van der Waals surface area contributed by atoms with Gasteiger partial charge >= 0.3 is 5.97 Å². The maximum absolute atomic E-state index is 11.2. The van der Waals surface area contributed by atoms with Crippen molar-refractivity contribution < 1.29 is 14.7 Å². The van der Waals surface area contributed by atoms with Crippen LogP contribution in [0, 0.1) is 6.92 Å². The molecule has 0 heterocycles. The first-order valence-corrected chi connectivity index (χ1v) is 5.66. The lowest BCUT2D eigenvalue weighted by atomic mass is 10.1. The Bertz CT molecular complexity index is 478. The molecule has 1 aromatic carbocycles. The van der Waals surface area contributed by atoms with E-state index in [9.17, 15) is 4.79 Å². The number of rotatable bonds is 4. The molecule has 1 rings (SSSR count). The van der Waals surface area contributed by atoms with Gasteiger partial charge in [0.15, 0.2) is 0 Å². The second-order valence-corrected chi connectivity index (χ2v) is 4.08. The zero-order chi connectivity index (χ0) is 13.5. The Labute approximate surface area is 111 Å². The van der Waals surface area contributed by atoms with Crippen molar-refractivity contribution in [1.29, 1.82) is 0 Å². The number of hydrogen-bond acceptors (Lipinski definition) is 4. The summed E-state index contributed by atoms with van der Waals surface area (Å²) in [4.78, 5) is 11.2. The predicted octanol–water partition coefficient (Wildman–Crippen LogP) is 2.97. The van der Waals surface area contributed by atoms with E-state index in [0.29, 0.717) is 10.6 Å². The summed E-state index contributed by atoms with van der Waals surface area (Å²) in [6.07, 6.45) is 1.09. The number of nitrogens with zero attached hydrogens (tertiary/aromatic N) is 1. The molecule has 0 saturated carbocycles. The minimum atomic E-state index is -0.449. The molecule has 0 aliphatic rings. The fourth-order valence-electron chi connectivity index (χ4n) is 1.36. The summed E-state index contributed by atoms with van der Waals surface area (Å²) in [5, 5.41) is 11.9. The van der Waals surface area contributed by atoms with Crippen molar-refractivity contribution in [3.63, 3.8) is 0 Å². The molecular weight excluding hydrogens is 254 g/mol. The summed E-state index contributed by atoms with van der Waals surface area (Å²) in [6, 6.07) is 7.48. The van der Waals surface area contributed by atoms with Gasteiger partial charge in [0.05, 0.1) is 24.8 Å². The monoisotopic (exact) mass is 267 g/mol. The van der Waals surface area contributed by atoms with Gasteiger partial charge in [-0.3, -0.25) is 4.79 Å². The van der Waals surface area contributed by atoms with Gasteiger partial charge in [0.2, 0.25) is 0 Å². The number of benzene rings is 1. The predicted molar refractivity (Wildman–Crippen MR) is 70.9 cm³/mol. The molecule has 0 bridgehead atoms. The highest BCUT2D eigenvalue weighted by Crippen LogP contribution is 2.24. The molecular formula is C13H14ClNO3. The lowest BCUT2D eigenvalue weighted by Gasteiger charge is -2.06. The fraction of sp³-hybridized carbons (Fsp3) is 0.231. The first kappa shape index (κ1) is 14.3. The van der Waals surface area contributed by atoms with E-state index in [4.69, 9.17) is 16.8 Å². The third-order valence-corrected chi connectivity index (χ3v) is 2.82. The maximum Gasteiger partial charge on any atom is 0.310 e. The van der Waals surface area contributed by atoms with Crippen molar-refractivity contribution in [3.8, 4) is 0 Å². The standard InChI is InChI=1S/C13H14ClNO3/c1-9-3-5-10(6-4-9)13(14)11(8-15-17)7-12(16)18-2/h3-6,8,17H,7H2,1-2H3/b13-11?,15-8+. The molecule has 4 nitrogen and oxygen atoms in total. The van der Waals surface area contributed by atoms with E-state index >= 15 is 0 Å². The smallest absolute Gasteiger partial charge is 0.310 e. The quantitative estimate of drug-likeness (QED) is 0.395. The number of aryl methyl sites for hydroxylation is 1. The molecule has 0 radical (unpaired) electrons. The average Bonchev–Trinajstić information content (AvgIpc) is 2.38. The molecule has 0 spiro atoms. The largest absolute Gasteiger partial charge is 0.469 e. The van der Waals surface area contributed by atoms with E-state index in [-0.39, 0.29) is 6.42 Å². The van der Waals surface area contributed by atoms with Crippen LogP contribution < -0.4 is 0 Å². The van der Waals surface area contributed by atoms with Gasteiger partial charge in [0, 0.05) is 5.57 Å². The Balaban J connectivity index is 3.10. The van der Waals surface area contributed by atoms with Crippen LogP contribution in [0.1, 0.15) is 17.5 Å². The lowest BCUT2D eigenvalue weighted by molar-refractivity contribution is -0.139. The minimum Gasteiger partial charge on any atom is -0.469 e. The minimum absolute atomic E-state index is 0.0483. The number of halogens is 1. The van der Waals surface area contributed by atoms with Crippen LogP contribution >= 0.6 is 11.6 Å². The normalized spacial score (nSPS) is 12.4. The summed E-state index contributed by atoms with van der Waals surface area (Å²) in [6.45, 7) is 1.96. The number of ether oxygens (including phenoxy) is 1. The average molecular weight is 268 g/mol. The van der Waals surface area contributed by atoms with E-state index in [1.54, 1.807) is 0 Å². The number of carbonyl (C=O) groups excluding carboxylic acids is 1. The first-order valence-electron chi connectivity index (χ1n) is 5.28. The highest BCUT2D eigenvalue weighted by Gasteiger charge is 2.11. The molecule has 0 unspecified atom stereocenters. The van der Waals surface area contributed by atoms with E-state index < -0.39 is 5.97 Å². The van der Waals surface area contributed by atoms with Crippen molar-refractivity contribution in [1.82, 2.24) is 0 Å². The molecule has 18 heavy (non-hydrogen) atoms. The number of methoxy groups -OCH3 is 1. The summed E-state index contributed by atoms with van der Waals surface area (Å²) in [5.74, 6) is -0.449. The topological polar surface area (TPSA) is 58.9 Å². The summed E-state index contributed by atoms with van der Waals surface area (Å²) in [7, 11) is 1.29. The molecule has 5 heteroatoms. The number of oxime groups is 1. The summed E-state index contributed by atoms with van der Waals surface area (Å²) in [5.41, 5.74) is 2.25. The van der Waals surface area contributed by atoms with E-state index in [2.05, 4.69) is 9.89 Å². The molecule has 0 aliphatic heterocycles. The maximum atomic E-state index is 11.2. The third-order valence-electron chi connectivity index (χ3n) is 2.36. The zero-order valence-electron chi connectivity index (χ0n) is 10.2. The van der Waals surface area contributed by atoms with Crippen molar-refractivity contribution in [2.45, 2.75) is 13.3 Å². The van der Waals surface area contributed by atoms with Crippen LogP contribution in [-0.4, -0.2) is 24.5 Å². The Morgan fingerprint density at radius 2 is 2.06 bits per heavy atom. The summed E-state index contributed by atoms with van der Waals surface area (Å²) >= 11 is 6.17. The van der Waals surface area contributed by atoms with Crippen LogP contribution in [-0.2, 0) is 9.53 Å². The van der Waals surface area contributed by atoms with Gasteiger partial charge in [-0.15, -0.1) is 0 Å². The van der Waals surface area contributed by atoms with Gasteiger partial charge in [-0.1, -0.05) is 46.6 Å². The van der Waals surface area contributed by atoms with Crippen LogP contribution in [0.25, 0.3) is 5.03 Å². The van der Waals surface area contributed by atoms with Crippen LogP contribution in [0.2, 0.25) is 0 Å². The van der Waals surface area contributed by atoms with Gasteiger partial charge in [-0.05, 0) is 12.5 Å². The van der Waals surface area contributed by atoms with Gasteiger partial charge in [0.1, 0.15) is 0 Å². The van der Waals surface area contributed by atoms with Crippen LogP contribution in [0.5, 0.6) is 0 Å². The zero-order valence-corrected chi connectivity index (χ0v) is 10.9. The third kappa shape index (κ3) is 3.89. The van der Waals surface area contributed by atoms with Crippen LogP contribution in [0.15, 0.2) is 35.0 Å². The molecule has 0 aliphatic carbocycles. The first-order chi connectivity index (χ1) is 8.58. The van der Waals surface area contributed by atoms with Crippen molar-refractivity contribution >= 4 is 28.8 Å². The van der Waals surface area contributed by atoms with E-state index in [0.717, 1.165) is 17.3 Å². The molecule has 1 aromatic rings. The Morgan fingerprint density at radius 1 is 1.44 bits per heavy atom. The van der Waals surface area contributed by atoms with Gasteiger partial charge in [-0.25, -0.2) is 0 Å².